The van der Waals surface area contributed by atoms with Gasteiger partial charge in [-0.3, -0.25) is 25.0 Å². The normalized spacial score (nSPS) is 10.5. The van der Waals surface area contributed by atoms with Gasteiger partial charge in [-0.2, -0.15) is 5.10 Å². The van der Waals surface area contributed by atoms with Crippen molar-refractivity contribution in [2.24, 2.45) is 5.10 Å². The Morgan fingerprint density at radius 1 is 0.909 bits per heavy atom. The molecule has 0 radical (unpaired) electrons. The monoisotopic (exact) mass is 450 g/mol. The number of phenolic OH excluding ortho intramolecular Hbond substituents is 1. The SMILES string of the molecule is O=C(N/N=C\c1cccc(OC(=O)c2cc([N+](=O)[O-])cc([N+](=O)[O-])c2)c1)c1cccc(O)c1. The molecule has 0 spiro atoms. The molecule has 0 saturated heterocycles. The van der Waals surface area contributed by atoms with Crippen LogP contribution in [0.2, 0.25) is 0 Å². The van der Waals surface area contributed by atoms with Gasteiger partial charge in [0, 0.05) is 17.7 Å². The van der Waals surface area contributed by atoms with Crippen LogP contribution in [0.3, 0.4) is 0 Å². The van der Waals surface area contributed by atoms with Crippen molar-refractivity contribution in [1.29, 1.82) is 0 Å². The highest BCUT2D eigenvalue weighted by atomic mass is 16.6. The van der Waals surface area contributed by atoms with Gasteiger partial charge in [-0.1, -0.05) is 18.2 Å². The van der Waals surface area contributed by atoms with Crippen LogP contribution in [-0.2, 0) is 0 Å². The largest absolute Gasteiger partial charge is 0.508 e. The summed E-state index contributed by atoms with van der Waals surface area (Å²) in [7, 11) is 0. The molecular weight excluding hydrogens is 436 g/mol. The molecule has 2 N–H and O–H groups in total. The molecule has 0 atom stereocenters. The number of hydrogen-bond donors (Lipinski definition) is 2. The molecule has 12 heteroatoms. The second kappa shape index (κ2) is 9.78. The molecule has 0 unspecified atom stereocenters. The molecule has 166 valence electrons. The van der Waals surface area contributed by atoms with Crippen LogP contribution < -0.4 is 10.2 Å². The predicted molar refractivity (Wildman–Crippen MR) is 114 cm³/mol. The van der Waals surface area contributed by atoms with Gasteiger partial charge in [0.2, 0.25) is 0 Å². The van der Waals surface area contributed by atoms with Gasteiger partial charge in [-0.25, -0.2) is 10.2 Å². The molecule has 3 aromatic rings. The first-order chi connectivity index (χ1) is 15.7. The number of aromatic hydroxyl groups is 1. The number of non-ortho nitro benzene ring substituents is 2. The summed E-state index contributed by atoms with van der Waals surface area (Å²) in [4.78, 5) is 44.6. The van der Waals surface area contributed by atoms with Gasteiger partial charge < -0.3 is 9.84 Å². The summed E-state index contributed by atoms with van der Waals surface area (Å²) in [6, 6.07) is 14.1. The topological polar surface area (TPSA) is 174 Å². The van der Waals surface area contributed by atoms with Crippen molar-refractivity contribution in [1.82, 2.24) is 5.43 Å². The molecule has 0 fully saturated rings. The third-order valence-electron chi connectivity index (χ3n) is 4.12. The Kier molecular flexibility index (Phi) is 6.69. The Morgan fingerprint density at radius 3 is 2.21 bits per heavy atom. The minimum atomic E-state index is -1.03. The zero-order valence-electron chi connectivity index (χ0n) is 16.6. The number of hydrogen-bond acceptors (Lipinski definition) is 9. The molecule has 0 aliphatic carbocycles. The molecule has 12 nitrogen and oxygen atoms in total. The third kappa shape index (κ3) is 5.95. The van der Waals surface area contributed by atoms with Crippen molar-refractivity contribution in [3.63, 3.8) is 0 Å². The number of ether oxygens (including phenoxy) is 1. The van der Waals surface area contributed by atoms with Crippen LogP contribution in [0.15, 0.2) is 71.8 Å². The predicted octanol–water partition coefficient (Wildman–Crippen LogP) is 3.19. The first-order valence-corrected chi connectivity index (χ1v) is 9.11. The summed E-state index contributed by atoms with van der Waals surface area (Å²) in [5, 5.41) is 35.2. The smallest absolute Gasteiger partial charge is 0.344 e. The number of rotatable bonds is 7. The van der Waals surface area contributed by atoms with Crippen molar-refractivity contribution in [3.05, 3.63) is 104 Å². The Hall–Kier alpha value is -5.13. The standard InChI is InChI=1S/C21H14N4O8/c26-18-5-2-4-14(10-18)20(27)23-22-12-13-3-1-6-19(7-13)33-21(28)15-8-16(24(29)30)11-17(9-15)25(31)32/h1-12,26H,(H,23,27)/b22-12-. The Morgan fingerprint density at radius 2 is 1.58 bits per heavy atom. The zero-order valence-corrected chi connectivity index (χ0v) is 16.6. The maximum absolute atomic E-state index is 12.4. The molecule has 3 aromatic carbocycles. The van der Waals surface area contributed by atoms with Crippen molar-refractivity contribution in [2.45, 2.75) is 0 Å². The number of nitro groups is 2. The molecule has 0 aliphatic heterocycles. The lowest BCUT2D eigenvalue weighted by Gasteiger charge is -2.05. The number of phenols is 1. The van der Waals surface area contributed by atoms with Crippen LogP contribution in [0, 0.1) is 20.2 Å². The summed E-state index contributed by atoms with van der Waals surface area (Å²) < 4.78 is 5.16. The van der Waals surface area contributed by atoms with E-state index in [1.165, 1.54) is 48.7 Å². The van der Waals surface area contributed by atoms with Gasteiger partial charge in [0.25, 0.3) is 17.3 Å². The van der Waals surface area contributed by atoms with Crippen LogP contribution in [0.1, 0.15) is 26.3 Å². The van der Waals surface area contributed by atoms with Crippen LogP contribution in [0.5, 0.6) is 11.5 Å². The average molecular weight is 450 g/mol. The van der Waals surface area contributed by atoms with Gasteiger partial charge in [-0.15, -0.1) is 0 Å². The summed E-state index contributed by atoms with van der Waals surface area (Å²) in [6.45, 7) is 0. The number of nitrogens with zero attached hydrogens (tertiary/aromatic N) is 3. The van der Waals surface area contributed by atoms with Crippen molar-refractivity contribution >= 4 is 29.5 Å². The zero-order chi connectivity index (χ0) is 24.0. The van der Waals surface area contributed by atoms with E-state index in [4.69, 9.17) is 4.74 Å². The van der Waals surface area contributed by atoms with E-state index in [9.17, 15) is 34.9 Å². The lowest BCUT2D eigenvalue weighted by molar-refractivity contribution is -0.394. The maximum atomic E-state index is 12.4. The van der Waals surface area contributed by atoms with E-state index in [1.54, 1.807) is 6.07 Å². The third-order valence-corrected chi connectivity index (χ3v) is 4.12. The number of nitrogens with one attached hydrogen (secondary N) is 1. The minimum Gasteiger partial charge on any atom is -0.508 e. The van der Waals surface area contributed by atoms with Gasteiger partial charge in [0.1, 0.15) is 11.5 Å². The molecule has 0 bridgehead atoms. The highest BCUT2D eigenvalue weighted by Gasteiger charge is 2.21. The number of benzene rings is 3. The van der Waals surface area contributed by atoms with Crippen LogP contribution >= 0.6 is 0 Å². The first kappa shape index (κ1) is 22.6. The lowest BCUT2D eigenvalue weighted by Crippen LogP contribution is -2.17. The van der Waals surface area contributed by atoms with Gasteiger partial charge in [0.15, 0.2) is 0 Å². The average Bonchev–Trinajstić information content (AvgIpc) is 2.78. The second-order valence-corrected chi connectivity index (χ2v) is 6.46. The number of amides is 1. The maximum Gasteiger partial charge on any atom is 0.344 e. The molecule has 0 saturated carbocycles. The number of nitro benzene ring substituents is 2. The summed E-state index contributed by atoms with van der Waals surface area (Å²) >= 11 is 0. The molecule has 0 aliphatic rings. The second-order valence-electron chi connectivity index (χ2n) is 6.46. The van der Waals surface area contributed by atoms with E-state index in [0.29, 0.717) is 5.56 Å². The number of carbonyl (C=O) groups excluding carboxylic acids is 2. The van der Waals surface area contributed by atoms with Gasteiger partial charge in [-0.05, 0) is 35.9 Å². The number of esters is 1. The van der Waals surface area contributed by atoms with Crippen LogP contribution in [-0.4, -0.2) is 33.0 Å². The molecule has 3 rings (SSSR count). The van der Waals surface area contributed by atoms with Crippen molar-refractivity contribution < 1.29 is 29.3 Å². The number of hydrazone groups is 1. The van der Waals surface area contributed by atoms with Crippen molar-refractivity contribution in [2.75, 3.05) is 0 Å². The van der Waals surface area contributed by atoms with E-state index in [1.807, 2.05) is 0 Å². The molecular formula is C21H14N4O8. The highest BCUT2D eigenvalue weighted by molar-refractivity contribution is 5.95. The lowest BCUT2D eigenvalue weighted by atomic mass is 10.1. The van der Waals surface area contributed by atoms with E-state index in [-0.39, 0.29) is 22.6 Å². The first-order valence-electron chi connectivity index (χ1n) is 9.11. The molecule has 1 amide bonds. The Balaban J connectivity index is 1.71. The van der Waals surface area contributed by atoms with E-state index in [0.717, 1.165) is 18.2 Å². The molecule has 0 heterocycles. The fourth-order valence-corrected chi connectivity index (χ4v) is 2.63. The summed E-state index contributed by atoms with van der Waals surface area (Å²) in [6.07, 6.45) is 1.27. The van der Waals surface area contributed by atoms with Gasteiger partial charge in [0.05, 0.1) is 27.7 Å². The van der Waals surface area contributed by atoms with Gasteiger partial charge >= 0.3 is 5.97 Å². The summed E-state index contributed by atoms with van der Waals surface area (Å²) in [5.41, 5.74) is 1.29. The minimum absolute atomic E-state index is 0.0393. The highest BCUT2D eigenvalue weighted by Crippen LogP contribution is 2.24. The van der Waals surface area contributed by atoms with Crippen molar-refractivity contribution in [3.8, 4) is 11.5 Å². The molecule has 33 heavy (non-hydrogen) atoms. The summed E-state index contributed by atoms with van der Waals surface area (Å²) in [5.74, 6) is -1.63. The van der Waals surface area contributed by atoms with E-state index in [2.05, 4.69) is 10.5 Å². The van der Waals surface area contributed by atoms with Crippen LogP contribution in [0.4, 0.5) is 11.4 Å². The quantitative estimate of drug-likeness (QED) is 0.181. The Labute approximate surface area is 185 Å². The Bertz CT molecular complexity index is 1260. The fraction of sp³-hybridized carbons (Fsp3) is 0. The van der Waals surface area contributed by atoms with Crippen LogP contribution in [0.25, 0.3) is 0 Å². The van der Waals surface area contributed by atoms with E-state index >= 15 is 0 Å². The van der Waals surface area contributed by atoms with E-state index < -0.39 is 33.1 Å². The molecule has 0 aromatic heterocycles. The number of carbonyl (C=O) groups is 2. The fourth-order valence-electron chi connectivity index (χ4n) is 2.63.